The lowest BCUT2D eigenvalue weighted by molar-refractivity contribution is -0.398. The van der Waals surface area contributed by atoms with Crippen LogP contribution in [0.1, 0.15) is 12.5 Å². The molecule has 0 unspecified atom stereocenters. The summed E-state index contributed by atoms with van der Waals surface area (Å²) in [4.78, 5) is 25.0. The van der Waals surface area contributed by atoms with Gasteiger partial charge in [-0.3, -0.25) is 19.9 Å². The fourth-order valence-electron chi connectivity index (χ4n) is 1.77. The van der Waals surface area contributed by atoms with Crippen molar-refractivity contribution in [2.24, 2.45) is 4.99 Å². The Kier molecular flexibility index (Phi) is 4.47. The molecule has 22 heavy (non-hydrogen) atoms. The predicted molar refractivity (Wildman–Crippen MR) is 80.5 cm³/mol. The van der Waals surface area contributed by atoms with E-state index in [1.807, 2.05) is 0 Å². The van der Waals surface area contributed by atoms with Crippen LogP contribution >= 0.6 is 0 Å². The predicted octanol–water partition coefficient (Wildman–Crippen LogP) is 2.38. The maximum Gasteiger partial charge on any atom is 0.262 e. The first-order valence-electron chi connectivity index (χ1n) is 6.33. The van der Waals surface area contributed by atoms with Gasteiger partial charge in [-0.2, -0.15) is 0 Å². The van der Waals surface area contributed by atoms with Gasteiger partial charge in [0.05, 0.1) is 10.6 Å². The molecular weight excluding hydrogens is 286 g/mol. The van der Waals surface area contributed by atoms with Crippen molar-refractivity contribution in [3.8, 4) is 5.75 Å². The standard InChI is InChI=1S/C15H13N3O4/c1-10(19)17-13-7-5-12(6-8-13)16-9-11-3-2-4-14(15(11)20)18(21)22/h2-9,20H,1H3,(H,17,19)/p-1. The Labute approximate surface area is 126 Å². The van der Waals surface area contributed by atoms with Gasteiger partial charge in [0, 0.05) is 24.9 Å². The van der Waals surface area contributed by atoms with Crippen molar-refractivity contribution in [1.29, 1.82) is 0 Å². The van der Waals surface area contributed by atoms with Crippen LogP contribution < -0.4 is 10.4 Å². The minimum atomic E-state index is -0.720. The lowest BCUT2D eigenvalue weighted by atomic mass is 10.2. The Morgan fingerprint density at radius 3 is 2.50 bits per heavy atom. The molecule has 1 N–H and O–H groups in total. The molecule has 0 aliphatic rings. The van der Waals surface area contributed by atoms with Gasteiger partial charge in [0.15, 0.2) is 0 Å². The molecule has 0 fully saturated rings. The van der Waals surface area contributed by atoms with Crippen LogP contribution in [-0.4, -0.2) is 17.0 Å². The van der Waals surface area contributed by atoms with Crippen LogP contribution in [-0.2, 0) is 4.79 Å². The van der Waals surface area contributed by atoms with Gasteiger partial charge in [0.1, 0.15) is 0 Å². The van der Waals surface area contributed by atoms with E-state index in [0.29, 0.717) is 11.4 Å². The lowest BCUT2D eigenvalue weighted by Crippen LogP contribution is -2.04. The molecule has 0 atom stereocenters. The average molecular weight is 298 g/mol. The van der Waals surface area contributed by atoms with Crippen molar-refractivity contribution in [1.82, 2.24) is 0 Å². The van der Waals surface area contributed by atoms with Crippen LogP contribution in [0.25, 0.3) is 0 Å². The van der Waals surface area contributed by atoms with E-state index in [1.54, 1.807) is 24.3 Å². The van der Waals surface area contributed by atoms with Crippen LogP contribution in [0.15, 0.2) is 47.5 Å². The number of para-hydroxylation sites is 1. The maximum absolute atomic E-state index is 11.8. The third-order valence-corrected chi connectivity index (χ3v) is 2.76. The molecule has 7 heteroatoms. The van der Waals surface area contributed by atoms with Crippen LogP contribution in [0.2, 0.25) is 0 Å². The highest BCUT2D eigenvalue weighted by atomic mass is 16.6. The Morgan fingerprint density at radius 1 is 1.23 bits per heavy atom. The summed E-state index contributed by atoms with van der Waals surface area (Å²) in [6, 6.07) is 10.7. The number of benzene rings is 2. The van der Waals surface area contributed by atoms with Crippen molar-refractivity contribution in [2.45, 2.75) is 6.92 Å². The highest BCUT2D eigenvalue weighted by Gasteiger charge is 2.07. The molecule has 2 aromatic carbocycles. The molecule has 0 spiro atoms. The number of rotatable bonds is 4. The van der Waals surface area contributed by atoms with Gasteiger partial charge >= 0.3 is 0 Å². The van der Waals surface area contributed by atoms with E-state index in [1.165, 1.54) is 25.3 Å². The van der Waals surface area contributed by atoms with Crippen molar-refractivity contribution in [2.75, 3.05) is 5.32 Å². The molecule has 1 amide bonds. The first-order chi connectivity index (χ1) is 10.5. The molecule has 0 bridgehead atoms. The van der Waals surface area contributed by atoms with Crippen molar-refractivity contribution in [3.63, 3.8) is 0 Å². The minimum Gasteiger partial charge on any atom is -0.867 e. The van der Waals surface area contributed by atoms with Crippen LogP contribution in [0.5, 0.6) is 5.75 Å². The van der Waals surface area contributed by atoms with Gasteiger partial charge in [-0.15, -0.1) is 0 Å². The van der Waals surface area contributed by atoms with Gasteiger partial charge in [-0.1, -0.05) is 12.1 Å². The second kappa shape index (κ2) is 6.49. The number of anilines is 1. The van der Waals surface area contributed by atoms with Crippen LogP contribution in [0, 0.1) is 10.1 Å². The number of amides is 1. The topological polar surface area (TPSA) is 108 Å². The zero-order valence-corrected chi connectivity index (χ0v) is 11.6. The van der Waals surface area contributed by atoms with E-state index in [9.17, 15) is 20.0 Å². The molecule has 0 radical (unpaired) electrons. The number of carbonyl (C=O) groups excluding carboxylic acids is 1. The molecule has 0 saturated carbocycles. The van der Waals surface area contributed by atoms with Crippen LogP contribution in [0.3, 0.4) is 0 Å². The number of aliphatic imine (C=N–C) groups is 1. The van der Waals surface area contributed by atoms with Gasteiger partial charge in [-0.05, 0) is 35.6 Å². The first kappa shape index (κ1) is 15.2. The summed E-state index contributed by atoms with van der Waals surface area (Å²) in [7, 11) is 0. The fourth-order valence-corrected chi connectivity index (χ4v) is 1.77. The molecular formula is C15H12N3O4-. The summed E-state index contributed by atoms with van der Waals surface area (Å²) >= 11 is 0. The Hall–Kier alpha value is -3.22. The van der Waals surface area contributed by atoms with E-state index in [2.05, 4.69) is 10.3 Å². The molecule has 0 aliphatic carbocycles. The Morgan fingerprint density at radius 2 is 1.91 bits per heavy atom. The average Bonchev–Trinajstić information content (AvgIpc) is 2.47. The van der Waals surface area contributed by atoms with Gasteiger partial charge in [-0.25, -0.2) is 0 Å². The zero-order valence-electron chi connectivity index (χ0n) is 11.6. The Bertz CT molecular complexity index is 739. The van der Waals surface area contributed by atoms with E-state index >= 15 is 0 Å². The van der Waals surface area contributed by atoms with E-state index in [4.69, 9.17) is 0 Å². The summed E-state index contributed by atoms with van der Waals surface area (Å²) in [6.07, 6.45) is 1.28. The molecule has 0 aliphatic heterocycles. The summed E-state index contributed by atoms with van der Waals surface area (Å²) < 4.78 is 0. The van der Waals surface area contributed by atoms with Crippen molar-refractivity contribution >= 4 is 29.2 Å². The number of carbonyl (C=O) groups is 1. The quantitative estimate of drug-likeness (QED) is 0.531. The van der Waals surface area contributed by atoms with E-state index in [0.717, 1.165) is 6.07 Å². The smallest absolute Gasteiger partial charge is 0.262 e. The largest absolute Gasteiger partial charge is 0.867 e. The lowest BCUT2D eigenvalue weighted by Gasteiger charge is -2.09. The van der Waals surface area contributed by atoms with Gasteiger partial charge in [0.2, 0.25) is 5.91 Å². The number of nitro groups is 1. The molecule has 7 nitrogen and oxygen atoms in total. The number of nitro benzene ring substituents is 1. The van der Waals surface area contributed by atoms with Crippen molar-refractivity contribution in [3.05, 3.63) is 58.1 Å². The third kappa shape index (κ3) is 3.66. The number of hydrogen-bond acceptors (Lipinski definition) is 5. The SMILES string of the molecule is CC(=O)Nc1ccc(N=Cc2cccc([N+](=O)[O-])c2[O-])cc1. The summed E-state index contributed by atoms with van der Waals surface area (Å²) in [5.74, 6) is -0.852. The number of nitrogens with zero attached hydrogens (tertiary/aromatic N) is 2. The first-order valence-corrected chi connectivity index (χ1v) is 6.33. The summed E-state index contributed by atoms with van der Waals surface area (Å²) in [5.41, 5.74) is 0.844. The molecule has 2 aromatic rings. The maximum atomic E-state index is 11.8. The Balaban J connectivity index is 2.20. The number of nitrogens with one attached hydrogen (secondary N) is 1. The number of hydrogen-bond donors (Lipinski definition) is 1. The van der Waals surface area contributed by atoms with Gasteiger partial charge < -0.3 is 10.4 Å². The molecule has 0 heterocycles. The van der Waals surface area contributed by atoms with Crippen LogP contribution in [0.4, 0.5) is 17.1 Å². The highest BCUT2D eigenvalue weighted by molar-refractivity contribution is 5.89. The molecule has 0 saturated heterocycles. The van der Waals surface area contributed by atoms with E-state index < -0.39 is 16.4 Å². The zero-order chi connectivity index (χ0) is 16.1. The molecule has 0 aromatic heterocycles. The second-order valence-corrected chi connectivity index (χ2v) is 4.44. The van der Waals surface area contributed by atoms with Gasteiger partial charge in [0.25, 0.3) is 5.69 Å². The molecule has 2 rings (SSSR count). The fraction of sp³-hybridized carbons (Fsp3) is 0.0667. The monoisotopic (exact) mass is 298 g/mol. The summed E-state index contributed by atoms with van der Waals surface area (Å²) in [6.45, 7) is 1.41. The normalized spacial score (nSPS) is 10.6. The summed E-state index contributed by atoms with van der Waals surface area (Å²) in [5, 5.41) is 25.1. The minimum absolute atomic E-state index is 0.139. The van der Waals surface area contributed by atoms with E-state index in [-0.39, 0.29) is 11.5 Å². The third-order valence-electron chi connectivity index (χ3n) is 2.76. The van der Waals surface area contributed by atoms with Crippen molar-refractivity contribution < 1.29 is 14.8 Å². The molecule has 112 valence electrons. The highest BCUT2D eigenvalue weighted by Crippen LogP contribution is 2.26. The second-order valence-electron chi connectivity index (χ2n) is 4.44.